The predicted molar refractivity (Wildman–Crippen MR) is 72.3 cm³/mol. The summed E-state index contributed by atoms with van der Waals surface area (Å²) in [6, 6.07) is 8.22. The van der Waals surface area contributed by atoms with Crippen LogP contribution >= 0.6 is 28.3 Å². The van der Waals surface area contributed by atoms with E-state index in [1.807, 2.05) is 12.1 Å². The van der Waals surface area contributed by atoms with E-state index in [0.29, 0.717) is 6.54 Å². The van der Waals surface area contributed by atoms with Crippen LogP contribution in [-0.2, 0) is 0 Å². The fourth-order valence-electron chi connectivity index (χ4n) is 1.06. The van der Waals surface area contributed by atoms with Crippen LogP contribution in [0.3, 0.4) is 0 Å². The fraction of sp³-hybridized carbons (Fsp3) is 0.273. The van der Waals surface area contributed by atoms with E-state index in [9.17, 15) is 0 Å². The Kier molecular flexibility index (Phi) is 8.71. The van der Waals surface area contributed by atoms with E-state index in [2.05, 4.69) is 45.5 Å². The molecule has 0 aliphatic rings. The van der Waals surface area contributed by atoms with E-state index in [4.69, 9.17) is 5.73 Å². The minimum atomic E-state index is 0. The molecule has 0 saturated carbocycles. The molecule has 0 radical (unpaired) electrons. The molecule has 15 heavy (non-hydrogen) atoms. The number of halogens is 2. The molecule has 0 aromatic heterocycles. The summed E-state index contributed by atoms with van der Waals surface area (Å²) in [5, 5.41) is 3.20. The molecule has 84 valence electrons. The lowest BCUT2D eigenvalue weighted by Gasteiger charge is -1.97. The molecule has 0 saturated heterocycles. The maximum absolute atomic E-state index is 5.35. The van der Waals surface area contributed by atoms with Crippen LogP contribution in [0.25, 0.3) is 6.08 Å². The first-order valence-corrected chi connectivity index (χ1v) is 5.45. The van der Waals surface area contributed by atoms with E-state index >= 15 is 0 Å². The van der Waals surface area contributed by atoms with Crippen molar-refractivity contribution >= 4 is 34.4 Å². The molecule has 1 rings (SSSR count). The normalized spacial score (nSPS) is 10.3. The summed E-state index contributed by atoms with van der Waals surface area (Å²) in [5.41, 5.74) is 6.56. The van der Waals surface area contributed by atoms with E-state index in [1.165, 1.54) is 5.56 Å². The van der Waals surface area contributed by atoms with Gasteiger partial charge in [0, 0.05) is 24.1 Å². The van der Waals surface area contributed by atoms with Crippen molar-refractivity contribution in [3.63, 3.8) is 0 Å². The second kappa shape index (κ2) is 8.92. The largest absolute Gasteiger partial charge is 0.329 e. The second-order valence-electron chi connectivity index (χ2n) is 2.95. The smallest absolute Gasteiger partial charge is 0.0175 e. The zero-order valence-electron chi connectivity index (χ0n) is 8.45. The van der Waals surface area contributed by atoms with Gasteiger partial charge in [0.1, 0.15) is 0 Å². The number of nitrogens with one attached hydrogen (secondary N) is 1. The van der Waals surface area contributed by atoms with Gasteiger partial charge in [0.15, 0.2) is 0 Å². The minimum absolute atomic E-state index is 0. The molecule has 0 aliphatic heterocycles. The molecule has 0 fully saturated rings. The molecule has 0 spiro atoms. The third kappa shape index (κ3) is 6.68. The van der Waals surface area contributed by atoms with Gasteiger partial charge in [-0.3, -0.25) is 0 Å². The highest BCUT2D eigenvalue weighted by atomic mass is 79.9. The molecule has 0 amide bonds. The first kappa shape index (κ1) is 14.6. The first-order valence-electron chi connectivity index (χ1n) is 4.66. The predicted octanol–water partition coefficient (Wildman–Crippen LogP) is 2.43. The van der Waals surface area contributed by atoms with E-state index < -0.39 is 0 Å². The second-order valence-corrected chi connectivity index (χ2v) is 3.86. The lowest BCUT2D eigenvalue weighted by Crippen LogP contribution is -2.22. The van der Waals surface area contributed by atoms with E-state index in [-0.39, 0.29) is 12.4 Å². The molecule has 0 aliphatic carbocycles. The van der Waals surface area contributed by atoms with Crippen LogP contribution in [0, 0.1) is 0 Å². The van der Waals surface area contributed by atoms with Crippen molar-refractivity contribution in [2.75, 3.05) is 19.6 Å². The molecule has 1 aromatic rings. The van der Waals surface area contributed by atoms with Gasteiger partial charge in [0.05, 0.1) is 0 Å². The Morgan fingerprint density at radius 1 is 1.27 bits per heavy atom. The summed E-state index contributed by atoms with van der Waals surface area (Å²) in [6.07, 6.45) is 4.19. The average Bonchev–Trinajstić information content (AvgIpc) is 2.21. The molecule has 0 unspecified atom stereocenters. The third-order valence-electron chi connectivity index (χ3n) is 1.76. The molecule has 3 N–H and O–H groups in total. The molecule has 1 aromatic carbocycles. The number of rotatable bonds is 5. The first-order chi connectivity index (χ1) is 6.83. The quantitative estimate of drug-likeness (QED) is 0.818. The Bertz CT molecular complexity index is 285. The number of hydrogen-bond acceptors (Lipinski definition) is 2. The monoisotopic (exact) mass is 290 g/mol. The number of nitrogens with two attached hydrogens (primary N) is 1. The van der Waals surface area contributed by atoms with Gasteiger partial charge in [-0.05, 0) is 17.7 Å². The minimum Gasteiger partial charge on any atom is -0.329 e. The van der Waals surface area contributed by atoms with E-state index in [0.717, 1.165) is 17.6 Å². The van der Waals surface area contributed by atoms with Gasteiger partial charge in [-0.15, -0.1) is 12.4 Å². The maximum Gasteiger partial charge on any atom is 0.0175 e. The summed E-state index contributed by atoms with van der Waals surface area (Å²) in [6.45, 7) is 2.42. The van der Waals surface area contributed by atoms with Gasteiger partial charge >= 0.3 is 0 Å². The number of benzene rings is 1. The highest BCUT2D eigenvalue weighted by molar-refractivity contribution is 9.10. The van der Waals surface area contributed by atoms with Crippen molar-refractivity contribution in [1.29, 1.82) is 0 Å². The Balaban J connectivity index is 0.00000196. The van der Waals surface area contributed by atoms with Crippen molar-refractivity contribution in [2.24, 2.45) is 5.73 Å². The van der Waals surface area contributed by atoms with Gasteiger partial charge in [-0.1, -0.05) is 40.2 Å². The summed E-state index contributed by atoms with van der Waals surface area (Å²) >= 11 is 3.40. The van der Waals surface area contributed by atoms with Crippen LogP contribution in [0.4, 0.5) is 0 Å². The van der Waals surface area contributed by atoms with Gasteiger partial charge in [0.25, 0.3) is 0 Å². The summed E-state index contributed by atoms with van der Waals surface area (Å²) in [4.78, 5) is 0. The number of hydrogen-bond donors (Lipinski definition) is 2. The van der Waals surface area contributed by atoms with Crippen LogP contribution in [0.5, 0.6) is 0 Å². The van der Waals surface area contributed by atoms with Gasteiger partial charge in [-0.2, -0.15) is 0 Å². The topological polar surface area (TPSA) is 38.0 Å². The Hall–Kier alpha value is -0.350. The zero-order chi connectivity index (χ0) is 10.2. The van der Waals surface area contributed by atoms with Gasteiger partial charge in [0.2, 0.25) is 0 Å². The summed E-state index contributed by atoms with van der Waals surface area (Å²) < 4.78 is 1.11. The zero-order valence-corrected chi connectivity index (χ0v) is 10.9. The van der Waals surface area contributed by atoms with Crippen LogP contribution in [0.2, 0.25) is 0 Å². The van der Waals surface area contributed by atoms with Crippen molar-refractivity contribution < 1.29 is 0 Å². The van der Waals surface area contributed by atoms with Crippen molar-refractivity contribution in [2.45, 2.75) is 0 Å². The van der Waals surface area contributed by atoms with Gasteiger partial charge in [-0.25, -0.2) is 0 Å². The maximum atomic E-state index is 5.35. The highest BCUT2D eigenvalue weighted by Crippen LogP contribution is 2.11. The van der Waals surface area contributed by atoms with Crippen LogP contribution < -0.4 is 11.1 Å². The van der Waals surface area contributed by atoms with Crippen molar-refractivity contribution in [1.82, 2.24) is 5.32 Å². The Morgan fingerprint density at radius 2 is 1.93 bits per heavy atom. The molecule has 4 heteroatoms. The molecular weight excluding hydrogens is 275 g/mol. The molecular formula is C11H16BrClN2. The lowest BCUT2D eigenvalue weighted by molar-refractivity contribution is 0.755. The van der Waals surface area contributed by atoms with Crippen LogP contribution in [-0.4, -0.2) is 19.6 Å². The van der Waals surface area contributed by atoms with Gasteiger partial charge < -0.3 is 11.1 Å². The van der Waals surface area contributed by atoms with Crippen LogP contribution in [0.15, 0.2) is 34.8 Å². The molecule has 2 nitrogen and oxygen atoms in total. The SMILES string of the molecule is Cl.NCCNCC=Cc1ccc(Br)cc1. The molecule has 0 atom stereocenters. The fourth-order valence-corrected chi connectivity index (χ4v) is 1.32. The Morgan fingerprint density at radius 3 is 2.53 bits per heavy atom. The summed E-state index contributed by atoms with van der Waals surface area (Å²) in [5.74, 6) is 0. The molecule has 0 heterocycles. The summed E-state index contributed by atoms with van der Waals surface area (Å²) in [7, 11) is 0. The average molecular weight is 292 g/mol. The van der Waals surface area contributed by atoms with Crippen molar-refractivity contribution in [3.8, 4) is 0 Å². The lowest BCUT2D eigenvalue weighted by atomic mass is 10.2. The molecule has 0 bridgehead atoms. The Labute approximate surface area is 105 Å². The standard InChI is InChI=1S/C11H15BrN2.ClH/c12-11-5-3-10(4-6-11)2-1-8-14-9-7-13;/h1-6,14H,7-9,13H2;1H. The van der Waals surface area contributed by atoms with Crippen molar-refractivity contribution in [3.05, 3.63) is 40.4 Å². The van der Waals surface area contributed by atoms with Crippen LogP contribution in [0.1, 0.15) is 5.56 Å². The third-order valence-corrected chi connectivity index (χ3v) is 2.29. The van der Waals surface area contributed by atoms with E-state index in [1.54, 1.807) is 0 Å². The highest BCUT2D eigenvalue weighted by Gasteiger charge is 1.86.